The lowest BCUT2D eigenvalue weighted by atomic mass is 10.1. The number of hydrogen-bond acceptors (Lipinski definition) is 4. The van der Waals surface area contributed by atoms with Crippen molar-refractivity contribution in [2.24, 2.45) is 5.92 Å². The Labute approximate surface area is 135 Å². The highest BCUT2D eigenvalue weighted by atomic mass is 16.2. The van der Waals surface area contributed by atoms with Crippen molar-refractivity contribution >= 4 is 5.91 Å². The molecule has 1 fully saturated rings. The van der Waals surface area contributed by atoms with E-state index >= 15 is 0 Å². The molecule has 0 N–H and O–H groups in total. The molecule has 7 nitrogen and oxygen atoms in total. The van der Waals surface area contributed by atoms with Gasteiger partial charge < -0.3 is 9.47 Å². The summed E-state index contributed by atoms with van der Waals surface area (Å²) in [4.78, 5) is 14.6. The van der Waals surface area contributed by atoms with Crippen LogP contribution in [0.2, 0.25) is 0 Å². The molecule has 122 valence electrons. The first kappa shape index (κ1) is 14.4. The van der Waals surface area contributed by atoms with Crippen LogP contribution < -0.4 is 0 Å². The van der Waals surface area contributed by atoms with Gasteiger partial charge in [0.1, 0.15) is 5.82 Å². The van der Waals surface area contributed by atoms with Crippen LogP contribution >= 0.6 is 0 Å². The van der Waals surface area contributed by atoms with Crippen molar-refractivity contribution in [3.63, 3.8) is 0 Å². The van der Waals surface area contributed by atoms with Crippen LogP contribution in [0.5, 0.6) is 0 Å². The van der Waals surface area contributed by atoms with Crippen LogP contribution in [0.3, 0.4) is 0 Å². The average Bonchev–Trinajstić information content (AvgIpc) is 3.17. The van der Waals surface area contributed by atoms with E-state index in [1.807, 2.05) is 35.7 Å². The Balaban J connectivity index is 1.42. The second-order valence-electron chi connectivity index (χ2n) is 6.74. The topological polar surface area (TPSA) is 68.8 Å². The standard InChI is InChI=1S/C16H22N6O/c1-11(9-21-6-5-12(2)19-21)16(23)20-7-8-22-14(10-20)17-18-15(22)13-3-4-13/h5-6,11,13H,3-4,7-10H2,1-2H3. The molecule has 1 aliphatic carbocycles. The number of fused-ring (bicyclic) bond motifs is 1. The Kier molecular flexibility index (Phi) is 3.43. The van der Waals surface area contributed by atoms with Gasteiger partial charge in [-0.05, 0) is 25.8 Å². The SMILES string of the molecule is Cc1ccn(CC(C)C(=O)N2CCn3c(nnc3C3CC3)C2)n1. The minimum Gasteiger partial charge on any atom is -0.333 e. The summed E-state index contributed by atoms with van der Waals surface area (Å²) in [7, 11) is 0. The van der Waals surface area contributed by atoms with E-state index in [9.17, 15) is 4.79 Å². The number of rotatable bonds is 4. The van der Waals surface area contributed by atoms with E-state index in [1.54, 1.807) is 0 Å². The molecule has 4 rings (SSSR count). The van der Waals surface area contributed by atoms with Crippen LogP contribution in [-0.4, -0.2) is 41.9 Å². The van der Waals surface area contributed by atoms with Crippen LogP contribution in [0, 0.1) is 12.8 Å². The predicted octanol–water partition coefficient (Wildman–Crippen LogP) is 1.34. The van der Waals surface area contributed by atoms with Gasteiger partial charge in [-0.25, -0.2) is 0 Å². The summed E-state index contributed by atoms with van der Waals surface area (Å²) in [5.74, 6) is 2.72. The van der Waals surface area contributed by atoms with E-state index in [4.69, 9.17) is 0 Å². The molecule has 23 heavy (non-hydrogen) atoms. The van der Waals surface area contributed by atoms with Gasteiger partial charge in [-0.1, -0.05) is 6.92 Å². The van der Waals surface area contributed by atoms with Crippen LogP contribution in [0.4, 0.5) is 0 Å². The first-order valence-corrected chi connectivity index (χ1v) is 8.32. The third kappa shape index (κ3) is 2.75. The molecular weight excluding hydrogens is 292 g/mol. The molecule has 2 aromatic heterocycles. The van der Waals surface area contributed by atoms with Gasteiger partial charge in [0.15, 0.2) is 5.82 Å². The molecule has 7 heteroatoms. The van der Waals surface area contributed by atoms with Gasteiger partial charge >= 0.3 is 0 Å². The van der Waals surface area contributed by atoms with Crippen molar-refractivity contribution in [1.82, 2.24) is 29.4 Å². The predicted molar refractivity (Wildman–Crippen MR) is 83.5 cm³/mol. The van der Waals surface area contributed by atoms with Crippen molar-refractivity contribution in [1.29, 1.82) is 0 Å². The molecule has 1 amide bonds. The molecular formula is C16H22N6O. The van der Waals surface area contributed by atoms with Crippen LogP contribution in [0.1, 0.15) is 43.0 Å². The first-order valence-electron chi connectivity index (χ1n) is 8.32. The lowest BCUT2D eigenvalue weighted by molar-refractivity contribution is -0.137. The average molecular weight is 314 g/mol. The molecule has 1 saturated carbocycles. The Morgan fingerprint density at radius 2 is 2.17 bits per heavy atom. The number of carbonyl (C=O) groups is 1. The smallest absolute Gasteiger partial charge is 0.227 e. The Bertz CT molecular complexity index is 729. The molecule has 0 aromatic carbocycles. The van der Waals surface area contributed by atoms with E-state index in [1.165, 1.54) is 12.8 Å². The molecule has 1 unspecified atom stereocenters. The normalized spacial score (nSPS) is 18.8. The van der Waals surface area contributed by atoms with Crippen LogP contribution in [0.15, 0.2) is 12.3 Å². The Morgan fingerprint density at radius 1 is 1.35 bits per heavy atom. The molecule has 0 bridgehead atoms. The van der Waals surface area contributed by atoms with Gasteiger partial charge in [-0.2, -0.15) is 5.10 Å². The maximum absolute atomic E-state index is 12.7. The van der Waals surface area contributed by atoms with Crippen molar-refractivity contribution in [3.05, 3.63) is 29.6 Å². The zero-order valence-corrected chi connectivity index (χ0v) is 13.6. The lowest BCUT2D eigenvalue weighted by Crippen LogP contribution is -2.42. The molecule has 0 radical (unpaired) electrons. The van der Waals surface area contributed by atoms with E-state index in [-0.39, 0.29) is 11.8 Å². The number of aryl methyl sites for hydroxylation is 1. The summed E-state index contributed by atoms with van der Waals surface area (Å²) in [5, 5.41) is 13.0. The van der Waals surface area contributed by atoms with Gasteiger partial charge in [0.05, 0.1) is 24.7 Å². The number of carbonyl (C=O) groups excluding carboxylic acids is 1. The largest absolute Gasteiger partial charge is 0.333 e. The summed E-state index contributed by atoms with van der Waals surface area (Å²) in [6.45, 7) is 6.66. The van der Waals surface area contributed by atoms with Crippen molar-refractivity contribution < 1.29 is 4.79 Å². The number of aromatic nitrogens is 5. The first-order chi connectivity index (χ1) is 11.1. The third-order valence-corrected chi connectivity index (χ3v) is 4.69. The second-order valence-corrected chi connectivity index (χ2v) is 6.74. The zero-order valence-electron chi connectivity index (χ0n) is 13.6. The fourth-order valence-corrected chi connectivity index (χ4v) is 3.25. The fraction of sp³-hybridized carbons (Fsp3) is 0.625. The highest BCUT2D eigenvalue weighted by molar-refractivity contribution is 5.78. The molecule has 0 spiro atoms. The molecule has 2 aliphatic rings. The van der Waals surface area contributed by atoms with E-state index in [0.717, 1.165) is 30.4 Å². The highest BCUT2D eigenvalue weighted by Gasteiger charge is 2.33. The summed E-state index contributed by atoms with van der Waals surface area (Å²) < 4.78 is 4.05. The molecule has 0 saturated heterocycles. The maximum atomic E-state index is 12.7. The monoisotopic (exact) mass is 314 g/mol. The van der Waals surface area contributed by atoms with Gasteiger partial charge in [-0.3, -0.25) is 9.48 Å². The van der Waals surface area contributed by atoms with Gasteiger partial charge in [0, 0.05) is 25.2 Å². The van der Waals surface area contributed by atoms with Crippen molar-refractivity contribution in [2.75, 3.05) is 6.54 Å². The van der Waals surface area contributed by atoms with Crippen molar-refractivity contribution in [3.8, 4) is 0 Å². The van der Waals surface area contributed by atoms with E-state index in [2.05, 4.69) is 19.9 Å². The quantitative estimate of drug-likeness (QED) is 0.854. The van der Waals surface area contributed by atoms with E-state index in [0.29, 0.717) is 19.0 Å². The van der Waals surface area contributed by atoms with E-state index < -0.39 is 0 Å². The molecule has 1 atom stereocenters. The summed E-state index contributed by atoms with van der Waals surface area (Å²) in [6, 6.07) is 1.96. The Morgan fingerprint density at radius 3 is 2.87 bits per heavy atom. The van der Waals surface area contributed by atoms with Crippen LogP contribution in [-0.2, 0) is 24.4 Å². The second kappa shape index (κ2) is 5.47. The van der Waals surface area contributed by atoms with Gasteiger partial charge in [0.25, 0.3) is 0 Å². The molecule has 2 aromatic rings. The summed E-state index contributed by atoms with van der Waals surface area (Å²) >= 11 is 0. The summed E-state index contributed by atoms with van der Waals surface area (Å²) in [5.41, 5.74) is 0.975. The van der Waals surface area contributed by atoms with Crippen molar-refractivity contribution in [2.45, 2.75) is 52.2 Å². The maximum Gasteiger partial charge on any atom is 0.227 e. The number of amides is 1. The third-order valence-electron chi connectivity index (χ3n) is 4.69. The highest BCUT2D eigenvalue weighted by Crippen LogP contribution is 2.39. The van der Waals surface area contributed by atoms with Crippen LogP contribution in [0.25, 0.3) is 0 Å². The fourth-order valence-electron chi connectivity index (χ4n) is 3.25. The minimum absolute atomic E-state index is 0.0910. The minimum atomic E-state index is -0.0910. The number of hydrogen-bond donors (Lipinski definition) is 0. The molecule has 1 aliphatic heterocycles. The Hall–Kier alpha value is -2.18. The zero-order chi connectivity index (χ0) is 16.0. The van der Waals surface area contributed by atoms with Gasteiger partial charge in [0.2, 0.25) is 5.91 Å². The lowest BCUT2D eigenvalue weighted by Gasteiger charge is -2.30. The molecule has 3 heterocycles. The van der Waals surface area contributed by atoms with Gasteiger partial charge in [-0.15, -0.1) is 10.2 Å². The number of nitrogens with zero attached hydrogens (tertiary/aromatic N) is 6. The summed E-state index contributed by atoms with van der Waals surface area (Å²) in [6.07, 6.45) is 4.37.